The molecule has 1 heterocycles. The predicted molar refractivity (Wildman–Crippen MR) is 248 cm³/mol. The highest BCUT2D eigenvalue weighted by Gasteiger charge is 2.39. The van der Waals surface area contributed by atoms with Crippen molar-refractivity contribution in [3.05, 3.63) is 130 Å². The van der Waals surface area contributed by atoms with Gasteiger partial charge in [0, 0.05) is 5.92 Å². The lowest BCUT2D eigenvalue weighted by molar-refractivity contribution is -0.163. The fourth-order valence-corrected chi connectivity index (χ4v) is 8.18. The van der Waals surface area contributed by atoms with E-state index < -0.39 is 0 Å². The van der Waals surface area contributed by atoms with Crippen molar-refractivity contribution in [1.29, 1.82) is 0 Å². The number of fused-ring (bicyclic) bond motifs is 4. The fraction of sp³-hybridized carbons (Fsp3) is 0.574. The molecule has 0 saturated carbocycles. The van der Waals surface area contributed by atoms with Crippen molar-refractivity contribution in [2.75, 3.05) is 0 Å². The summed E-state index contributed by atoms with van der Waals surface area (Å²) in [6.07, 6.45) is 14.5. The van der Waals surface area contributed by atoms with E-state index in [0.717, 1.165) is 35.5 Å². The van der Waals surface area contributed by atoms with Gasteiger partial charge in [0.05, 0.1) is 5.92 Å². The Bertz CT molecular complexity index is 1530. The molecule has 0 bridgehead atoms. The summed E-state index contributed by atoms with van der Waals surface area (Å²) in [6, 6.07) is 26.6. The summed E-state index contributed by atoms with van der Waals surface area (Å²) in [5, 5.41) is 0. The molecule has 10 atom stereocenters. The maximum absolute atomic E-state index is 11.4. The Morgan fingerprint density at radius 2 is 0.875 bits per heavy atom. The quantitative estimate of drug-likeness (QED) is 0.213. The summed E-state index contributed by atoms with van der Waals surface area (Å²) in [5.41, 5.74) is 9.43. The van der Waals surface area contributed by atoms with Crippen LogP contribution in [0, 0.1) is 41.4 Å². The number of carbonyl (C=O) groups excluding carboxylic acids is 1. The second-order valence-electron chi connectivity index (χ2n) is 15.7. The average molecular weight is 765 g/mol. The van der Waals surface area contributed by atoms with Gasteiger partial charge in [-0.2, -0.15) is 0 Å². The molecule has 1 fully saturated rings. The number of allylic oxidation sites excluding steroid dienone is 2. The molecule has 2 nitrogen and oxygen atoms in total. The summed E-state index contributed by atoms with van der Waals surface area (Å²) in [6.45, 7) is 34.2. The predicted octanol–water partition coefficient (Wildman–Crippen LogP) is 15.4. The molecule has 2 heteroatoms. The number of hydrogen-bond acceptors (Lipinski definition) is 2. The molecule has 0 aromatic heterocycles. The molecule has 1 saturated heterocycles. The van der Waals surface area contributed by atoms with Crippen LogP contribution in [0.15, 0.2) is 97.1 Å². The van der Waals surface area contributed by atoms with Crippen LogP contribution in [0.4, 0.5) is 0 Å². The van der Waals surface area contributed by atoms with Gasteiger partial charge in [-0.1, -0.05) is 202 Å². The molecule has 10 unspecified atom stereocenters. The number of hydrogen-bond donors (Lipinski definition) is 0. The van der Waals surface area contributed by atoms with Gasteiger partial charge in [-0.05, 0) is 113 Å². The zero-order valence-corrected chi connectivity index (χ0v) is 38.9. The topological polar surface area (TPSA) is 26.3 Å². The number of carbonyl (C=O) groups is 1. The summed E-state index contributed by atoms with van der Waals surface area (Å²) >= 11 is 0. The van der Waals surface area contributed by atoms with Crippen molar-refractivity contribution in [1.82, 2.24) is 0 Å². The highest BCUT2D eigenvalue weighted by Crippen LogP contribution is 2.38. The highest BCUT2D eigenvalue weighted by molar-refractivity contribution is 5.74. The Balaban J connectivity index is 0.000000352. The van der Waals surface area contributed by atoms with Crippen LogP contribution in [-0.2, 0) is 35.2 Å². The molecule has 5 aliphatic rings. The van der Waals surface area contributed by atoms with Gasteiger partial charge in [-0.25, -0.2) is 0 Å². The van der Waals surface area contributed by atoms with E-state index in [0.29, 0.717) is 11.8 Å². The van der Waals surface area contributed by atoms with Crippen LogP contribution in [0.2, 0.25) is 0 Å². The third-order valence-corrected chi connectivity index (χ3v) is 12.5. The van der Waals surface area contributed by atoms with E-state index in [1.807, 2.05) is 80.5 Å². The Labute approximate surface area is 347 Å². The first-order valence-electron chi connectivity index (χ1n) is 22.8. The molecular weight excluding hydrogens is 681 g/mol. The molecule has 3 aromatic rings. The molecule has 0 radical (unpaired) electrons. The summed E-state index contributed by atoms with van der Waals surface area (Å²) in [5.74, 6) is 5.67. The second-order valence-corrected chi connectivity index (χ2v) is 15.7. The van der Waals surface area contributed by atoms with Gasteiger partial charge in [-0.3, -0.25) is 4.79 Å². The van der Waals surface area contributed by atoms with Gasteiger partial charge in [-0.15, -0.1) is 0 Å². The summed E-state index contributed by atoms with van der Waals surface area (Å²) in [4.78, 5) is 11.4. The zero-order chi connectivity index (χ0) is 42.4. The number of rotatable bonds is 0. The van der Waals surface area contributed by atoms with Crippen molar-refractivity contribution in [3.63, 3.8) is 0 Å². The van der Waals surface area contributed by atoms with Crippen LogP contribution < -0.4 is 0 Å². The highest BCUT2D eigenvalue weighted by atomic mass is 16.5. The van der Waals surface area contributed by atoms with Crippen LogP contribution in [-0.4, -0.2) is 12.1 Å². The van der Waals surface area contributed by atoms with Gasteiger partial charge in [0.2, 0.25) is 0 Å². The third kappa shape index (κ3) is 14.2. The van der Waals surface area contributed by atoms with Crippen LogP contribution >= 0.6 is 0 Å². The van der Waals surface area contributed by atoms with Crippen LogP contribution in [0.5, 0.6) is 0 Å². The minimum atomic E-state index is -0.0614. The maximum Gasteiger partial charge on any atom is 0.309 e. The first-order chi connectivity index (χ1) is 27.0. The van der Waals surface area contributed by atoms with E-state index in [4.69, 9.17) is 4.74 Å². The smallest absolute Gasteiger partial charge is 0.309 e. The van der Waals surface area contributed by atoms with Gasteiger partial charge in [0.25, 0.3) is 0 Å². The molecule has 0 N–H and O–H groups in total. The Morgan fingerprint density at radius 1 is 0.464 bits per heavy atom. The van der Waals surface area contributed by atoms with Crippen molar-refractivity contribution < 1.29 is 9.53 Å². The first-order valence-corrected chi connectivity index (χ1v) is 22.8. The second kappa shape index (κ2) is 27.3. The zero-order valence-electron chi connectivity index (χ0n) is 38.9. The maximum atomic E-state index is 11.4. The van der Waals surface area contributed by atoms with E-state index in [2.05, 4.69) is 127 Å². The van der Waals surface area contributed by atoms with Crippen LogP contribution in [0.1, 0.15) is 162 Å². The first kappa shape index (κ1) is 50.6. The molecule has 4 aliphatic carbocycles. The lowest BCUT2D eigenvalue weighted by Gasteiger charge is -2.37. The Morgan fingerprint density at radius 3 is 1.39 bits per heavy atom. The van der Waals surface area contributed by atoms with Crippen molar-refractivity contribution in [2.45, 2.75) is 161 Å². The number of ether oxygens (including phenoxy) is 1. The van der Waals surface area contributed by atoms with E-state index >= 15 is 0 Å². The normalized spacial score (nSPS) is 28.0. The van der Waals surface area contributed by atoms with Crippen molar-refractivity contribution in [3.8, 4) is 0 Å². The number of aryl methyl sites for hydroxylation is 1. The van der Waals surface area contributed by atoms with E-state index in [1.54, 1.807) is 33.4 Å². The van der Waals surface area contributed by atoms with Gasteiger partial charge in [0.1, 0.15) is 6.10 Å². The SMILES string of the molecule is CC.CC.CC.CC.CC1C(=O)OC2C=CC=CC2C1C.CC1CCc2ccccc2C1C.CC1Cc2ccccc2C1C.CC1Cc2ccccc2CC1C. The van der Waals surface area contributed by atoms with E-state index in [1.165, 1.54) is 32.1 Å². The molecule has 56 heavy (non-hydrogen) atoms. The van der Waals surface area contributed by atoms with E-state index in [-0.39, 0.29) is 18.0 Å². The van der Waals surface area contributed by atoms with E-state index in [9.17, 15) is 4.79 Å². The molecule has 3 aromatic carbocycles. The number of esters is 1. The molecule has 1 aliphatic heterocycles. The Hall–Kier alpha value is -3.39. The van der Waals surface area contributed by atoms with Gasteiger partial charge in [0.15, 0.2) is 0 Å². The largest absolute Gasteiger partial charge is 0.457 e. The average Bonchev–Trinajstić information content (AvgIpc) is 3.55. The van der Waals surface area contributed by atoms with Gasteiger partial charge >= 0.3 is 5.97 Å². The minimum absolute atomic E-state index is 0.0244. The summed E-state index contributed by atoms with van der Waals surface area (Å²) in [7, 11) is 0. The van der Waals surface area contributed by atoms with Crippen LogP contribution in [0.3, 0.4) is 0 Å². The lowest BCUT2D eigenvalue weighted by Crippen LogP contribution is -2.42. The molecule has 312 valence electrons. The Kier molecular flexibility index (Phi) is 24.7. The minimum Gasteiger partial charge on any atom is -0.457 e. The lowest BCUT2D eigenvalue weighted by atomic mass is 9.77. The summed E-state index contributed by atoms with van der Waals surface area (Å²) < 4.78 is 5.30. The number of benzene rings is 3. The van der Waals surface area contributed by atoms with Gasteiger partial charge < -0.3 is 4.74 Å². The molecule has 0 amide bonds. The standard InChI is InChI=1S/2C12H16.C11H14O2.C11H14.4C2H6/c1-9-7-11-5-3-4-6-12(11)8-10(9)2;1-9-7-8-11-5-3-4-6-12(11)10(9)2;1-7-8(2)11(12)13-10-6-4-3-5-9(7)10;1-8-7-10-5-3-4-6-11(10)9(8)2;4*1-2/h2*3-6,9-10H,7-8H2,1-2H3;3-10H,1-2H3;3-6,8-9H,7H2,1-2H3;4*1-2H3. The molecule has 0 spiro atoms. The third-order valence-electron chi connectivity index (χ3n) is 12.5. The van der Waals surface area contributed by atoms with Crippen molar-refractivity contribution in [2.24, 2.45) is 41.4 Å². The van der Waals surface area contributed by atoms with Crippen LogP contribution in [0.25, 0.3) is 0 Å². The fourth-order valence-electron chi connectivity index (χ4n) is 8.18. The monoisotopic (exact) mass is 765 g/mol. The van der Waals surface area contributed by atoms with Crippen molar-refractivity contribution >= 4 is 5.97 Å². The molecule has 8 rings (SSSR count). The molecular formula is C54H84O2.